The summed E-state index contributed by atoms with van der Waals surface area (Å²) in [4.78, 5) is 0. The van der Waals surface area contributed by atoms with Crippen molar-refractivity contribution in [2.75, 3.05) is 0 Å². The predicted molar refractivity (Wildman–Crippen MR) is 307 cm³/mol. The molecule has 0 spiro atoms. The average molecular weight is 899 g/mol. The van der Waals surface area contributed by atoms with Crippen LogP contribution in [0.4, 0.5) is 0 Å². The molecule has 0 fully saturated rings. The number of rotatable bonds is 8. The molecule has 70 heavy (non-hydrogen) atoms. The van der Waals surface area contributed by atoms with Gasteiger partial charge in [0.25, 0.3) is 0 Å². The highest BCUT2D eigenvalue weighted by atomic mass is 14.3. The van der Waals surface area contributed by atoms with Gasteiger partial charge in [0.2, 0.25) is 0 Å². The van der Waals surface area contributed by atoms with Crippen molar-refractivity contribution in [2.24, 2.45) is 0 Å². The van der Waals surface area contributed by atoms with Gasteiger partial charge in [-0.2, -0.15) is 0 Å². The zero-order chi connectivity index (χ0) is 47.7. The summed E-state index contributed by atoms with van der Waals surface area (Å²) in [5, 5.41) is 21.1. The van der Waals surface area contributed by atoms with Crippen molar-refractivity contribution in [2.45, 2.75) is 79.1 Å². The number of fused-ring (bicyclic) bond motifs is 11. The average Bonchev–Trinajstić information content (AvgIpc) is 3.87. The number of benzene rings is 11. The molecule has 0 saturated heterocycles. The fourth-order valence-corrected chi connectivity index (χ4v) is 11.9. The van der Waals surface area contributed by atoms with E-state index in [2.05, 4.69) is 237 Å². The van der Waals surface area contributed by atoms with Crippen LogP contribution in [0.15, 0.2) is 182 Å². The van der Waals surface area contributed by atoms with E-state index in [1.54, 1.807) is 0 Å². The maximum atomic E-state index is 2.54. The summed E-state index contributed by atoms with van der Waals surface area (Å²) in [7, 11) is 0. The fourth-order valence-electron chi connectivity index (χ4n) is 11.9. The number of hydrogen-bond donors (Lipinski definition) is 0. The fraction of sp³-hybridized carbons (Fsp3) is 0.171. The molecule has 13 rings (SSSR count). The van der Waals surface area contributed by atoms with Gasteiger partial charge in [0.15, 0.2) is 0 Å². The van der Waals surface area contributed by atoms with Crippen LogP contribution < -0.4 is 0 Å². The van der Waals surface area contributed by atoms with Gasteiger partial charge >= 0.3 is 0 Å². The maximum absolute atomic E-state index is 2.54. The zero-order valence-electron chi connectivity index (χ0n) is 41.6. The Bertz CT molecular complexity index is 3890. The Morgan fingerprint density at radius 3 is 0.657 bits per heavy atom. The van der Waals surface area contributed by atoms with Crippen molar-refractivity contribution in [3.05, 3.63) is 204 Å². The molecule has 0 radical (unpaired) electrons. The highest BCUT2D eigenvalue weighted by Gasteiger charge is 2.22. The smallest absolute Gasteiger partial charge is 0.00195 e. The van der Waals surface area contributed by atoms with Crippen LogP contribution in [-0.4, -0.2) is 0 Å². The normalized spacial score (nSPS) is 12.5. The SMILES string of the molecule is CC(C)c1ccc(-c2ccc3c(c2)c2cc(-c4ccc(C(C)C)cc4)cc4c5ccc6c(cc7c8ccc(-c9ccc(C(C)C)cc9)cc8c8cc(-c9ccc(C(C)C)cc9)cc6c87)c5cc3c42)cc1. The summed E-state index contributed by atoms with van der Waals surface area (Å²) in [5.74, 6) is 1.96. The van der Waals surface area contributed by atoms with Gasteiger partial charge in [0.05, 0.1) is 0 Å². The zero-order valence-corrected chi connectivity index (χ0v) is 41.6. The minimum Gasteiger partial charge on any atom is -0.0587 e. The molecule has 0 aliphatic heterocycles. The van der Waals surface area contributed by atoms with E-state index < -0.39 is 0 Å². The molecule has 0 atom stereocenters. The van der Waals surface area contributed by atoms with Gasteiger partial charge in [-0.1, -0.05) is 189 Å². The van der Waals surface area contributed by atoms with Crippen LogP contribution in [0.2, 0.25) is 0 Å². The van der Waals surface area contributed by atoms with Crippen molar-refractivity contribution in [3.8, 4) is 44.5 Å². The molecule has 0 bridgehead atoms. The van der Waals surface area contributed by atoms with Crippen LogP contribution in [-0.2, 0) is 0 Å². The van der Waals surface area contributed by atoms with E-state index in [0.717, 1.165) is 0 Å². The molecule has 0 saturated carbocycles. The first-order valence-corrected chi connectivity index (χ1v) is 25.7. The highest BCUT2D eigenvalue weighted by molar-refractivity contribution is 6.41. The van der Waals surface area contributed by atoms with E-state index in [-0.39, 0.29) is 0 Å². The molecule has 13 aromatic rings. The van der Waals surface area contributed by atoms with E-state index in [9.17, 15) is 0 Å². The first-order chi connectivity index (χ1) is 34.0. The lowest BCUT2D eigenvalue weighted by Crippen LogP contribution is -1.88. The lowest BCUT2D eigenvalue weighted by atomic mass is 9.89. The minimum absolute atomic E-state index is 0.480. The third-order valence-electron chi connectivity index (χ3n) is 16.1. The minimum atomic E-state index is 0.480. The van der Waals surface area contributed by atoms with Crippen LogP contribution in [0.5, 0.6) is 0 Å². The Morgan fingerprint density at radius 1 is 0.171 bits per heavy atom. The molecule has 0 nitrogen and oxygen atoms in total. The largest absolute Gasteiger partial charge is 0.0587 e. The summed E-state index contributed by atoms with van der Waals surface area (Å²) in [6.07, 6.45) is 0. The van der Waals surface area contributed by atoms with Gasteiger partial charge in [-0.05, 0) is 225 Å². The van der Waals surface area contributed by atoms with Gasteiger partial charge in [0.1, 0.15) is 0 Å². The molecule has 0 aromatic heterocycles. The molecule has 13 aromatic carbocycles. The van der Waals surface area contributed by atoms with Gasteiger partial charge < -0.3 is 0 Å². The van der Waals surface area contributed by atoms with Crippen LogP contribution in [0.25, 0.3) is 131 Å². The van der Waals surface area contributed by atoms with E-state index in [0.29, 0.717) is 23.7 Å². The number of hydrogen-bond acceptors (Lipinski definition) is 0. The highest BCUT2D eigenvalue weighted by Crippen LogP contribution is 2.50. The van der Waals surface area contributed by atoms with Gasteiger partial charge in [-0.15, -0.1) is 0 Å². The molecular weight excluding hydrogens is 841 g/mol. The van der Waals surface area contributed by atoms with Crippen molar-refractivity contribution < 1.29 is 0 Å². The first kappa shape index (κ1) is 42.6. The lowest BCUT2D eigenvalue weighted by molar-refractivity contribution is 0.867. The Labute approximate surface area is 411 Å². The summed E-state index contributed by atoms with van der Waals surface area (Å²) in [5.41, 5.74) is 15.5. The standard InChI is InChI=1S/C70H58/c1-39(2)43-9-17-47(18-10-43)51-25-27-55-59(31-51)65-35-53(49-21-13-45(14-22-49)41(5)6)33-63-57-29-30-58-62(61(57)37-67(55)69(63)65)38-68-56-28-26-52(48-19-11-44(12-20-48)40(3)4)32-60(56)66-36-54(34-64(58)70(66)68)50-23-15-46(16-24-50)42(7)8/h9-42H,1-8H3. The summed E-state index contributed by atoms with van der Waals surface area (Å²) < 4.78 is 0. The molecule has 0 heterocycles. The Hall–Kier alpha value is -7.54. The van der Waals surface area contributed by atoms with E-state index in [1.165, 1.54) is 153 Å². The third-order valence-corrected chi connectivity index (χ3v) is 16.1. The van der Waals surface area contributed by atoms with E-state index >= 15 is 0 Å². The predicted octanol–water partition coefficient (Wildman–Crippen LogP) is 20.9. The second-order valence-corrected chi connectivity index (χ2v) is 21.6. The lowest BCUT2D eigenvalue weighted by Gasteiger charge is -2.14. The molecule has 0 aliphatic rings. The molecule has 0 aliphatic carbocycles. The van der Waals surface area contributed by atoms with E-state index in [1.807, 2.05) is 0 Å². The van der Waals surface area contributed by atoms with Crippen LogP contribution in [0.3, 0.4) is 0 Å². The van der Waals surface area contributed by atoms with Gasteiger partial charge in [-0.3, -0.25) is 0 Å². The Morgan fingerprint density at radius 2 is 0.371 bits per heavy atom. The van der Waals surface area contributed by atoms with Crippen LogP contribution in [0, 0.1) is 0 Å². The Kier molecular flexibility index (Phi) is 9.73. The molecular formula is C70H58. The molecule has 338 valence electrons. The second kappa shape index (κ2) is 16.0. The summed E-state index contributed by atoms with van der Waals surface area (Å²) in [6.45, 7) is 18.2. The van der Waals surface area contributed by atoms with Crippen molar-refractivity contribution in [1.82, 2.24) is 0 Å². The Balaban J connectivity index is 1.11. The quantitative estimate of drug-likeness (QED) is 0.133. The van der Waals surface area contributed by atoms with Gasteiger partial charge in [-0.25, -0.2) is 0 Å². The third kappa shape index (κ3) is 6.64. The van der Waals surface area contributed by atoms with Crippen LogP contribution >= 0.6 is 0 Å². The van der Waals surface area contributed by atoms with Gasteiger partial charge in [0, 0.05) is 0 Å². The van der Waals surface area contributed by atoms with E-state index in [4.69, 9.17) is 0 Å². The molecule has 0 heteroatoms. The summed E-state index contributed by atoms with van der Waals surface area (Å²) >= 11 is 0. The monoisotopic (exact) mass is 898 g/mol. The summed E-state index contributed by atoms with van der Waals surface area (Å²) in [6, 6.07) is 71.2. The molecule has 0 unspecified atom stereocenters. The van der Waals surface area contributed by atoms with Crippen molar-refractivity contribution in [1.29, 1.82) is 0 Å². The molecule has 0 N–H and O–H groups in total. The van der Waals surface area contributed by atoms with Crippen LogP contribution in [0.1, 0.15) is 101 Å². The van der Waals surface area contributed by atoms with Crippen molar-refractivity contribution >= 4 is 86.2 Å². The first-order valence-electron chi connectivity index (χ1n) is 25.7. The molecule has 0 amide bonds. The van der Waals surface area contributed by atoms with Crippen molar-refractivity contribution in [3.63, 3.8) is 0 Å². The topological polar surface area (TPSA) is 0 Å². The maximum Gasteiger partial charge on any atom is -0.00195 e. The second-order valence-electron chi connectivity index (χ2n) is 21.6.